The van der Waals surface area contributed by atoms with Gasteiger partial charge >= 0.3 is 6.03 Å². The molecule has 2 saturated heterocycles. The molecule has 2 amide bonds. The summed E-state index contributed by atoms with van der Waals surface area (Å²) in [5.41, 5.74) is 2.69. The van der Waals surface area contributed by atoms with Crippen molar-refractivity contribution < 1.29 is 4.79 Å². The van der Waals surface area contributed by atoms with Crippen molar-refractivity contribution in [3.05, 3.63) is 36.0 Å². The van der Waals surface area contributed by atoms with Gasteiger partial charge in [-0.05, 0) is 37.5 Å². The molecular formula is C21H31N5O. The number of fused-ring (bicyclic) bond motifs is 1. The Kier molecular flexibility index (Phi) is 5.10. The lowest BCUT2D eigenvalue weighted by Gasteiger charge is -2.37. The molecular weight excluding hydrogens is 338 g/mol. The smallest absolute Gasteiger partial charge is 0.320 e. The monoisotopic (exact) mass is 369 g/mol. The lowest BCUT2D eigenvalue weighted by atomic mass is 10.1. The number of aryl methyl sites for hydroxylation is 1. The van der Waals surface area contributed by atoms with E-state index in [4.69, 9.17) is 0 Å². The average molecular weight is 370 g/mol. The molecule has 4 rings (SSSR count). The summed E-state index contributed by atoms with van der Waals surface area (Å²) >= 11 is 0. The molecule has 1 aromatic carbocycles. The number of hydrogen-bond acceptors (Lipinski definition) is 3. The second-order valence-corrected chi connectivity index (χ2v) is 8.18. The SMILES string of the molecule is CN(C)[C@@H]1CCN(C(=O)N2CCN(Cc3cccc4ccn(C)c34)CC2)C1. The Hall–Kier alpha value is -2.05. The molecule has 0 radical (unpaired) electrons. The van der Waals surface area contributed by atoms with Crippen LogP contribution in [0.4, 0.5) is 4.79 Å². The minimum Gasteiger partial charge on any atom is -0.350 e. The van der Waals surface area contributed by atoms with E-state index in [1.54, 1.807) is 0 Å². The van der Waals surface area contributed by atoms with Crippen molar-refractivity contribution >= 4 is 16.9 Å². The van der Waals surface area contributed by atoms with Gasteiger partial charge in [-0.1, -0.05) is 18.2 Å². The lowest BCUT2D eigenvalue weighted by Crippen LogP contribution is -2.52. The molecule has 0 unspecified atom stereocenters. The number of hydrogen-bond donors (Lipinski definition) is 0. The van der Waals surface area contributed by atoms with Crippen molar-refractivity contribution in [1.82, 2.24) is 24.2 Å². The maximum atomic E-state index is 12.8. The Morgan fingerprint density at radius 3 is 2.56 bits per heavy atom. The number of likely N-dealkylation sites (tertiary alicyclic amines) is 1. The fraction of sp³-hybridized carbons (Fsp3) is 0.571. The highest BCUT2D eigenvalue weighted by atomic mass is 16.2. The third-order valence-electron chi connectivity index (χ3n) is 6.18. The summed E-state index contributed by atoms with van der Waals surface area (Å²) in [5, 5.41) is 1.30. The number of carbonyl (C=O) groups is 1. The molecule has 1 atom stereocenters. The molecule has 0 saturated carbocycles. The quantitative estimate of drug-likeness (QED) is 0.831. The number of nitrogens with zero attached hydrogens (tertiary/aromatic N) is 5. The Morgan fingerprint density at radius 1 is 1.07 bits per heavy atom. The number of aromatic nitrogens is 1. The third kappa shape index (κ3) is 3.69. The van der Waals surface area contributed by atoms with E-state index < -0.39 is 0 Å². The number of amides is 2. The van der Waals surface area contributed by atoms with Gasteiger partial charge in [0, 0.05) is 65.1 Å². The number of likely N-dealkylation sites (N-methyl/N-ethyl adjacent to an activating group) is 1. The highest BCUT2D eigenvalue weighted by molar-refractivity contribution is 5.83. The number of rotatable bonds is 3. The van der Waals surface area contributed by atoms with E-state index in [1.807, 2.05) is 9.80 Å². The van der Waals surface area contributed by atoms with Gasteiger partial charge in [-0.3, -0.25) is 4.90 Å². The molecule has 0 aliphatic carbocycles. The molecule has 0 bridgehead atoms. The van der Waals surface area contributed by atoms with Crippen LogP contribution in [-0.4, -0.2) is 89.6 Å². The highest BCUT2D eigenvalue weighted by Crippen LogP contribution is 2.22. The summed E-state index contributed by atoms with van der Waals surface area (Å²) < 4.78 is 2.21. The van der Waals surface area contributed by atoms with Gasteiger partial charge in [0.2, 0.25) is 0 Å². The average Bonchev–Trinajstić information content (AvgIpc) is 3.30. The number of urea groups is 1. The number of benzene rings is 1. The zero-order chi connectivity index (χ0) is 19.0. The van der Waals surface area contributed by atoms with Gasteiger partial charge in [0.1, 0.15) is 0 Å². The number of piperazine rings is 1. The van der Waals surface area contributed by atoms with Crippen molar-refractivity contribution in [2.75, 3.05) is 53.4 Å². The Balaban J connectivity index is 1.34. The summed E-state index contributed by atoms with van der Waals surface area (Å²) in [5.74, 6) is 0. The Morgan fingerprint density at radius 2 is 1.85 bits per heavy atom. The first kappa shape index (κ1) is 18.3. The van der Waals surface area contributed by atoms with Crippen LogP contribution in [0.2, 0.25) is 0 Å². The van der Waals surface area contributed by atoms with Gasteiger partial charge < -0.3 is 19.3 Å². The van der Waals surface area contributed by atoms with Crippen LogP contribution in [0.15, 0.2) is 30.5 Å². The largest absolute Gasteiger partial charge is 0.350 e. The molecule has 6 heteroatoms. The maximum absolute atomic E-state index is 12.8. The van der Waals surface area contributed by atoms with Gasteiger partial charge in [-0.25, -0.2) is 4.79 Å². The molecule has 3 heterocycles. The van der Waals surface area contributed by atoms with E-state index >= 15 is 0 Å². The molecule has 2 fully saturated rings. The summed E-state index contributed by atoms with van der Waals surface area (Å²) in [6.07, 6.45) is 3.21. The lowest BCUT2D eigenvalue weighted by molar-refractivity contribution is 0.113. The summed E-state index contributed by atoms with van der Waals surface area (Å²) in [7, 11) is 6.31. The van der Waals surface area contributed by atoms with E-state index in [2.05, 4.69) is 66.0 Å². The summed E-state index contributed by atoms with van der Waals surface area (Å²) in [6, 6.07) is 9.45. The minimum atomic E-state index is 0.225. The highest BCUT2D eigenvalue weighted by Gasteiger charge is 2.31. The minimum absolute atomic E-state index is 0.225. The molecule has 0 N–H and O–H groups in total. The van der Waals surface area contributed by atoms with Crippen LogP contribution in [-0.2, 0) is 13.6 Å². The molecule has 6 nitrogen and oxygen atoms in total. The molecule has 2 aliphatic heterocycles. The van der Waals surface area contributed by atoms with E-state index in [0.29, 0.717) is 6.04 Å². The van der Waals surface area contributed by atoms with Gasteiger partial charge in [-0.2, -0.15) is 0 Å². The van der Waals surface area contributed by atoms with Crippen LogP contribution in [0.5, 0.6) is 0 Å². The normalized spacial score (nSPS) is 21.6. The van der Waals surface area contributed by atoms with Crippen LogP contribution < -0.4 is 0 Å². The number of carbonyl (C=O) groups excluding carboxylic acids is 1. The van der Waals surface area contributed by atoms with Crippen LogP contribution in [0.25, 0.3) is 10.9 Å². The van der Waals surface area contributed by atoms with Crippen LogP contribution >= 0.6 is 0 Å². The van der Waals surface area contributed by atoms with Gasteiger partial charge in [0.15, 0.2) is 0 Å². The topological polar surface area (TPSA) is 35.0 Å². The first-order chi connectivity index (χ1) is 13.0. The van der Waals surface area contributed by atoms with Crippen molar-refractivity contribution in [1.29, 1.82) is 0 Å². The molecule has 2 aliphatic rings. The predicted octanol–water partition coefficient (Wildman–Crippen LogP) is 2.05. The maximum Gasteiger partial charge on any atom is 0.320 e. The second-order valence-electron chi connectivity index (χ2n) is 8.18. The molecule has 27 heavy (non-hydrogen) atoms. The van der Waals surface area contributed by atoms with Crippen molar-refractivity contribution in [3.8, 4) is 0 Å². The van der Waals surface area contributed by atoms with Crippen molar-refractivity contribution in [2.24, 2.45) is 7.05 Å². The predicted molar refractivity (Wildman–Crippen MR) is 109 cm³/mol. The fourth-order valence-corrected chi connectivity index (χ4v) is 4.45. The van der Waals surface area contributed by atoms with E-state index in [0.717, 1.165) is 52.2 Å². The van der Waals surface area contributed by atoms with Crippen LogP contribution in [0.1, 0.15) is 12.0 Å². The molecule has 2 aromatic rings. The summed E-state index contributed by atoms with van der Waals surface area (Å²) in [4.78, 5) is 21.6. The first-order valence-electron chi connectivity index (χ1n) is 9.98. The zero-order valence-corrected chi connectivity index (χ0v) is 16.8. The third-order valence-corrected chi connectivity index (χ3v) is 6.18. The molecule has 1 aromatic heterocycles. The Bertz CT molecular complexity index is 806. The van der Waals surface area contributed by atoms with Crippen LogP contribution in [0.3, 0.4) is 0 Å². The van der Waals surface area contributed by atoms with Gasteiger partial charge in [0.25, 0.3) is 0 Å². The molecule has 0 spiro atoms. The second kappa shape index (κ2) is 7.52. The van der Waals surface area contributed by atoms with Gasteiger partial charge in [-0.15, -0.1) is 0 Å². The fourth-order valence-electron chi connectivity index (χ4n) is 4.45. The first-order valence-corrected chi connectivity index (χ1v) is 9.98. The van der Waals surface area contributed by atoms with Crippen molar-refractivity contribution in [2.45, 2.75) is 19.0 Å². The molecule has 146 valence electrons. The number of para-hydroxylation sites is 1. The van der Waals surface area contributed by atoms with E-state index in [1.165, 1.54) is 16.5 Å². The standard InChI is InChI=1S/C21H31N5O/c1-22(2)19-8-10-26(16-19)21(27)25-13-11-24(12-14-25)15-18-6-4-5-17-7-9-23(3)20(17)18/h4-7,9,19H,8,10-16H2,1-3H3/t19-/m1/s1. The van der Waals surface area contributed by atoms with Crippen LogP contribution in [0, 0.1) is 0 Å². The van der Waals surface area contributed by atoms with Gasteiger partial charge in [0.05, 0.1) is 5.52 Å². The zero-order valence-electron chi connectivity index (χ0n) is 16.8. The van der Waals surface area contributed by atoms with Crippen molar-refractivity contribution in [3.63, 3.8) is 0 Å². The van der Waals surface area contributed by atoms with E-state index in [9.17, 15) is 4.79 Å². The summed E-state index contributed by atoms with van der Waals surface area (Å²) in [6.45, 7) is 6.23. The van der Waals surface area contributed by atoms with E-state index in [-0.39, 0.29) is 6.03 Å². The Labute approximate surface area is 161 Å².